The lowest BCUT2D eigenvalue weighted by Crippen LogP contribution is -2.51. The standard InChI is InChI=1S/C23H27N3O4S/c1-5-29-21(28)16-13-24-22(31-4)25-20(16)26-8-6-23(7-9-26)12-17(27)19-15(3)10-14(2)11-18(19)30-23/h10-11,13H,5-9,12H2,1-4H3. The number of anilines is 1. The number of ketones is 1. The molecule has 8 heteroatoms. The number of Topliss-reactive ketones (excluding diaryl/α,β-unsaturated/α-hetero) is 1. The predicted octanol–water partition coefficient (Wildman–Crippen LogP) is 4.00. The first-order valence-electron chi connectivity index (χ1n) is 10.5. The van der Waals surface area contributed by atoms with Crippen molar-refractivity contribution in [3.8, 4) is 5.75 Å². The van der Waals surface area contributed by atoms with Gasteiger partial charge in [0.1, 0.15) is 22.7 Å². The molecule has 1 aromatic carbocycles. The molecule has 0 amide bonds. The fourth-order valence-corrected chi connectivity index (χ4v) is 4.81. The maximum Gasteiger partial charge on any atom is 0.343 e. The van der Waals surface area contributed by atoms with Crippen LogP contribution in [0.1, 0.15) is 58.0 Å². The van der Waals surface area contributed by atoms with Crippen LogP contribution in [0.2, 0.25) is 0 Å². The molecule has 0 bridgehead atoms. The van der Waals surface area contributed by atoms with Gasteiger partial charge in [-0.3, -0.25) is 4.79 Å². The highest BCUT2D eigenvalue weighted by Gasteiger charge is 2.44. The van der Waals surface area contributed by atoms with Crippen molar-refractivity contribution in [2.75, 3.05) is 30.9 Å². The average Bonchev–Trinajstić information content (AvgIpc) is 2.73. The molecule has 0 atom stereocenters. The van der Waals surface area contributed by atoms with Gasteiger partial charge >= 0.3 is 5.97 Å². The Hall–Kier alpha value is -2.61. The molecule has 0 unspecified atom stereocenters. The van der Waals surface area contributed by atoms with Crippen LogP contribution in [0.3, 0.4) is 0 Å². The summed E-state index contributed by atoms with van der Waals surface area (Å²) in [5, 5.41) is 0.604. The van der Waals surface area contributed by atoms with Gasteiger partial charge in [0.2, 0.25) is 0 Å². The number of piperidine rings is 1. The topological polar surface area (TPSA) is 81.6 Å². The van der Waals surface area contributed by atoms with Crippen molar-refractivity contribution in [2.24, 2.45) is 0 Å². The molecule has 0 aliphatic carbocycles. The van der Waals surface area contributed by atoms with Gasteiger partial charge in [0.25, 0.3) is 0 Å². The molecule has 2 aliphatic rings. The Balaban J connectivity index is 1.58. The summed E-state index contributed by atoms with van der Waals surface area (Å²) in [5.74, 6) is 1.00. The Bertz CT molecular complexity index is 1030. The number of benzene rings is 1. The van der Waals surface area contributed by atoms with Crippen molar-refractivity contribution in [2.45, 2.75) is 50.8 Å². The molecule has 2 aromatic rings. The number of thioether (sulfide) groups is 1. The number of rotatable bonds is 4. The van der Waals surface area contributed by atoms with E-state index >= 15 is 0 Å². The van der Waals surface area contributed by atoms with Crippen LogP contribution >= 0.6 is 11.8 Å². The third-order valence-corrected chi connectivity index (χ3v) is 6.49. The Morgan fingerprint density at radius 1 is 1.29 bits per heavy atom. The van der Waals surface area contributed by atoms with E-state index in [0.717, 1.165) is 11.1 Å². The highest BCUT2D eigenvalue weighted by Crippen LogP contribution is 2.41. The Labute approximate surface area is 186 Å². The number of ether oxygens (including phenoxy) is 2. The van der Waals surface area contributed by atoms with Gasteiger partial charge in [-0.2, -0.15) is 0 Å². The fourth-order valence-electron chi connectivity index (χ4n) is 4.47. The second-order valence-electron chi connectivity index (χ2n) is 8.14. The first-order valence-corrected chi connectivity index (χ1v) is 11.7. The number of carbonyl (C=O) groups excluding carboxylic acids is 2. The van der Waals surface area contributed by atoms with Gasteiger partial charge in [0.05, 0.1) is 18.6 Å². The monoisotopic (exact) mass is 441 g/mol. The van der Waals surface area contributed by atoms with E-state index in [2.05, 4.69) is 14.9 Å². The molecule has 1 spiro atoms. The summed E-state index contributed by atoms with van der Waals surface area (Å²) in [5.41, 5.74) is 2.62. The zero-order valence-electron chi connectivity index (χ0n) is 18.4. The normalized spacial score (nSPS) is 17.3. The van der Waals surface area contributed by atoms with Crippen molar-refractivity contribution >= 4 is 29.3 Å². The smallest absolute Gasteiger partial charge is 0.343 e. The van der Waals surface area contributed by atoms with Gasteiger partial charge in [-0.15, -0.1) is 0 Å². The molecule has 31 heavy (non-hydrogen) atoms. The summed E-state index contributed by atoms with van der Waals surface area (Å²) >= 11 is 1.43. The summed E-state index contributed by atoms with van der Waals surface area (Å²) in [4.78, 5) is 36.3. The lowest BCUT2D eigenvalue weighted by atomic mass is 9.81. The molecule has 4 rings (SSSR count). The van der Waals surface area contributed by atoms with Crippen LogP contribution in [0.4, 0.5) is 5.82 Å². The zero-order chi connectivity index (χ0) is 22.2. The minimum atomic E-state index is -0.514. The van der Waals surface area contributed by atoms with Gasteiger partial charge in [0, 0.05) is 32.1 Å². The minimum absolute atomic E-state index is 0.145. The molecule has 7 nitrogen and oxygen atoms in total. The summed E-state index contributed by atoms with van der Waals surface area (Å²) in [7, 11) is 0. The lowest BCUT2D eigenvalue weighted by molar-refractivity contribution is 0.0229. The highest BCUT2D eigenvalue weighted by atomic mass is 32.2. The molecule has 1 aromatic heterocycles. The number of aromatic nitrogens is 2. The number of carbonyl (C=O) groups is 2. The van der Waals surface area contributed by atoms with Gasteiger partial charge < -0.3 is 14.4 Å². The number of hydrogen-bond acceptors (Lipinski definition) is 8. The quantitative estimate of drug-likeness (QED) is 0.400. The van der Waals surface area contributed by atoms with Gasteiger partial charge in [-0.1, -0.05) is 17.8 Å². The van der Waals surface area contributed by atoms with E-state index in [4.69, 9.17) is 9.47 Å². The number of esters is 1. The van der Waals surface area contributed by atoms with Crippen LogP contribution in [0.5, 0.6) is 5.75 Å². The predicted molar refractivity (Wildman–Crippen MR) is 119 cm³/mol. The van der Waals surface area contributed by atoms with E-state index in [-0.39, 0.29) is 5.78 Å². The number of hydrogen-bond donors (Lipinski definition) is 0. The SMILES string of the molecule is CCOC(=O)c1cnc(SC)nc1N1CCC2(CC1)CC(=O)c1c(C)cc(C)cc1O2. The van der Waals surface area contributed by atoms with Crippen molar-refractivity contribution in [3.63, 3.8) is 0 Å². The molecular weight excluding hydrogens is 414 g/mol. The van der Waals surface area contributed by atoms with E-state index in [0.29, 0.717) is 66.8 Å². The van der Waals surface area contributed by atoms with E-state index in [1.54, 1.807) is 13.1 Å². The lowest BCUT2D eigenvalue weighted by Gasteiger charge is -2.44. The molecule has 0 N–H and O–H groups in total. The molecule has 1 saturated heterocycles. The summed E-state index contributed by atoms with van der Waals surface area (Å²) < 4.78 is 11.7. The molecule has 3 heterocycles. The highest BCUT2D eigenvalue weighted by molar-refractivity contribution is 7.98. The summed E-state index contributed by atoms with van der Waals surface area (Å²) in [6.07, 6.45) is 5.16. The second kappa shape index (κ2) is 8.49. The van der Waals surface area contributed by atoms with Gasteiger partial charge in [0.15, 0.2) is 10.9 Å². The van der Waals surface area contributed by atoms with Crippen molar-refractivity contribution in [1.82, 2.24) is 9.97 Å². The van der Waals surface area contributed by atoms with Crippen molar-refractivity contribution in [1.29, 1.82) is 0 Å². The van der Waals surface area contributed by atoms with Crippen LogP contribution in [0, 0.1) is 13.8 Å². The van der Waals surface area contributed by atoms with Crippen LogP contribution in [0.15, 0.2) is 23.5 Å². The van der Waals surface area contributed by atoms with E-state index in [1.165, 1.54) is 11.8 Å². The molecular formula is C23H27N3O4S. The van der Waals surface area contributed by atoms with Crippen LogP contribution in [0.25, 0.3) is 0 Å². The van der Waals surface area contributed by atoms with Gasteiger partial charge in [-0.05, 0) is 44.2 Å². The average molecular weight is 442 g/mol. The first-order chi connectivity index (χ1) is 14.9. The first kappa shape index (κ1) is 21.6. The van der Waals surface area contributed by atoms with E-state index < -0.39 is 11.6 Å². The summed E-state index contributed by atoms with van der Waals surface area (Å²) in [6, 6.07) is 3.98. The number of fused-ring (bicyclic) bond motifs is 1. The fraction of sp³-hybridized carbons (Fsp3) is 0.478. The van der Waals surface area contributed by atoms with E-state index in [1.807, 2.05) is 32.2 Å². The minimum Gasteiger partial charge on any atom is -0.486 e. The zero-order valence-corrected chi connectivity index (χ0v) is 19.2. The third kappa shape index (κ3) is 4.13. The van der Waals surface area contributed by atoms with Crippen molar-refractivity contribution < 1.29 is 19.1 Å². The van der Waals surface area contributed by atoms with Crippen LogP contribution in [-0.2, 0) is 4.74 Å². The Kier molecular flexibility index (Phi) is 5.92. The molecule has 0 radical (unpaired) electrons. The Morgan fingerprint density at radius 2 is 2.03 bits per heavy atom. The van der Waals surface area contributed by atoms with Crippen LogP contribution in [-0.4, -0.2) is 53.3 Å². The van der Waals surface area contributed by atoms with Gasteiger partial charge in [-0.25, -0.2) is 14.8 Å². The number of aryl methyl sites for hydroxylation is 2. The molecule has 2 aliphatic heterocycles. The maximum atomic E-state index is 13.0. The molecule has 164 valence electrons. The van der Waals surface area contributed by atoms with Crippen LogP contribution < -0.4 is 9.64 Å². The summed E-state index contributed by atoms with van der Waals surface area (Å²) in [6.45, 7) is 7.30. The molecule has 0 saturated carbocycles. The molecule has 1 fully saturated rings. The number of nitrogens with zero attached hydrogens (tertiary/aromatic N) is 3. The Morgan fingerprint density at radius 3 is 2.71 bits per heavy atom. The van der Waals surface area contributed by atoms with Crippen molar-refractivity contribution in [3.05, 3.63) is 40.6 Å². The maximum absolute atomic E-state index is 13.0. The largest absolute Gasteiger partial charge is 0.486 e. The third-order valence-electron chi connectivity index (χ3n) is 5.93. The second-order valence-corrected chi connectivity index (χ2v) is 8.91. The van der Waals surface area contributed by atoms with E-state index in [9.17, 15) is 9.59 Å².